The number of carboxylic acid groups (broad SMARTS) is 1. The van der Waals surface area contributed by atoms with Crippen molar-refractivity contribution in [2.45, 2.75) is 10.7 Å². The van der Waals surface area contributed by atoms with Gasteiger partial charge in [-0.25, -0.2) is 9.59 Å². The number of benzene rings is 1. The lowest BCUT2D eigenvalue weighted by Gasteiger charge is -2.24. The molecule has 0 aromatic heterocycles. The molecule has 1 heterocycles. The maximum absolute atomic E-state index is 11.6. The largest absolute Gasteiger partial charge is 0.478 e. The van der Waals surface area contributed by atoms with Crippen LogP contribution < -0.4 is 27.3 Å². The lowest BCUT2D eigenvalue weighted by Crippen LogP contribution is -3.44. The van der Waals surface area contributed by atoms with E-state index >= 15 is 0 Å². The monoisotopic (exact) mass is 335 g/mol. The van der Waals surface area contributed by atoms with Gasteiger partial charge in [0.2, 0.25) is 0 Å². The molecular weight excluding hydrogens is 327 g/mol. The summed E-state index contributed by atoms with van der Waals surface area (Å²) >= 11 is 1.53. The number of fused-ring (bicyclic) bond motifs is 1. The molecule has 1 aliphatic heterocycles. The number of carboxylic acids is 1. The van der Waals surface area contributed by atoms with Crippen LogP contribution in [0.25, 0.3) is 0 Å². The maximum atomic E-state index is 11.6. The summed E-state index contributed by atoms with van der Waals surface area (Å²) in [6.45, 7) is 1.61. The minimum absolute atomic E-state index is 0.0277. The molecule has 1 aromatic rings. The first-order valence-electron chi connectivity index (χ1n) is 4.39. The van der Waals surface area contributed by atoms with Gasteiger partial charge in [-0.05, 0) is 18.2 Å². The molecule has 0 saturated heterocycles. The Kier molecular flexibility index (Phi) is 2.53. The smallest absolute Gasteiger partial charge is 0.450 e. The molecule has 0 aliphatic carbocycles. The lowest BCUT2D eigenvalue weighted by molar-refractivity contribution is -0.598. The Bertz CT molecular complexity index is 480. The molecule has 0 bridgehead atoms. The highest BCUT2D eigenvalue weighted by Crippen LogP contribution is 2.28. The molecule has 0 spiro atoms. The highest BCUT2D eigenvalue weighted by Gasteiger charge is 2.43. The first-order chi connectivity index (χ1) is 7.39. The Morgan fingerprint density at radius 1 is 1.44 bits per heavy atom. The van der Waals surface area contributed by atoms with Gasteiger partial charge in [-0.15, -0.1) is 0 Å². The Hall–Kier alpha value is -1.31. The fourth-order valence-corrected chi connectivity index (χ4v) is 1.83. The van der Waals surface area contributed by atoms with Crippen molar-refractivity contribution in [3.05, 3.63) is 29.3 Å². The second kappa shape index (κ2) is 3.62. The van der Waals surface area contributed by atoms with Crippen LogP contribution >= 0.6 is 0 Å². The average Bonchev–Trinajstić information content (AvgIpc) is 2.15. The Balaban J connectivity index is 2.49. The summed E-state index contributed by atoms with van der Waals surface area (Å²) in [7, 11) is 0. The summed E-state index contributed by atoms with van der Waals surface area (Å²) < 4.78 is 9.37. The minimum Gasteiger partial charge on any atom is -0.478 e. The SMILES string of the molecule is CC1([IH+])OC(=O)c2cc(C(=O)O)ccc2O1. The number of alkyl halides is 1. The van der Waals surface area contributed by atoms with Crippen molar-refractivity contribution in [1.29, 1.82) is 0 Å². The van der Waals surface area contributed by atoms with Crippen molar-refractivity contribution in [3.8, 4) is 5.75 Å². The summed E-state index contributed by atoms with van der Waals surface area (Å²) in [5, 5.41) is 8.78. The molecule has 5 nitrogen and oxygen atoms in total. The Labute approximate surface area is 104 Å². The third-order valence-corrected chi connectivity index (χ3v) is 2.50. The minimum atomic E-state index is -1.10. The van der Waals surface area contributed by atoms with Crippen LogP contribution in [-0.4, -0.2) is 20.8 Å². The van der Waals surface area contributed by atoms with Crippen LogP contribution in [0.15, 0.2) is 18.2 Å². The van der Waals surface area contributed by atoms with E-state index in [1.807, 2.05) is 0 Å². The second-order valence-corrected chi connectivity index (χ2v) is 5.49. The molecule has 16 heavy (non-hydrogen) atoms. The van der Waals surface area contributed by atoms with Crippen molar-refractivity contribution in [1.82, 2.24) is 0 Å². The van der Waals surface area contributed by atoms with E-state index in [2.05, 4.69) is 0 Å². The van der Waals surface area contributed by atoms with Crippen LogP contribution in [0.3, 0.4) is 0 Å². The lowest BCUT2D eigenvalue weighted by atomic mass is 10.1. The van der Waals surface area contributed by atoms with Gasteiger partial charge >= 0.3 is 38.3 Å². The predicted molar refractivity (Wildman–Crippen MR) is 49.2 cm³/mol. The zero-order valence-electron chi connectivity index (χ0n) is 8.22. The van der Waals surface area contributed by atoms with Crippen LogP contribution in [0.1, 0.15) is 27.6 Å². The van der Waals surface area contributed by atoms with Crippen molar-refractivity contribution >= 4 is 11.9 Å². The van der Waals surface area contributed by atoms with Gasteiger partial charge < -0.3 is 14.6 Å². The van der Waals surface area contributed by atoms with E-state index in [0.717, 1.165) is 0 Å². The van der Waals surface area contributed by atoms with Crippen molar-refractivity contribution in [3.63, 3.8) is 0 Å². The van der Waals surface area contributed by atoms with Gasteiger partial charge in [0.15, 0.2) is 0 Å². The molecule has 0 saturated carbocycles. The van der Waals surface area contributed by atoms with Gasteiger partial charge in [-0.3, -0.25) is 0 Å². The maximum Gasteiger partial charge on any atom is 0.450 e. The zero-order chi connectivity index (χ0) is 11.9. The van der Waals surface area contributed by atoms with Crippen molar-refractivity contribution < 1.29 is 46.8 Å². The molecule has 1 aromatic carbocycles. The highest BCUT2D eigenvalue weighted by atomic mass is 127. The van der Waals surface area contributed by atoms with Crippen LogP contribution in [-0.2, 0) is 4.74 Å². The predicted octanol–water partition coefficient (Wildman–Crippen LogP) is -2.11. The number of ether oxygens (including phenoxy) is 2. The van der Waals surface area contributed by atoms with Crippen LogP contribution in [0.2, 0.25) is 0 Å². The van der Waals surface area contributed by atoms with Crippen LogP contribution in [0.4, 0.5) is 0 Å². The molecule has 1 unspecified atom stereocenters. The van der Waals surface area contributed by atoms with E-state index in [4.69, 9.17) is 14.6 Å². The fourth-order valence-electron chi connectivity index (χ4n) is 1.36. The zero-order valence-corrected chi connectivity index (χ0v) is 10.6. The number of esters is 1. The number of hydrogen-bond acceptors (Lipinski definition) is 4. The van der Waals surface area contributed by atoms with Crippen molar-refractivity contribution in [2.24, 2.45) is 0 Å². The van der Waals surface area contributed by atoms with Gasteiger partial charge in [-0.2, -0.15) is 0 Å². The summed E-state index contributed by atoms with van der Waals surface area (Å²) in [6.07, 6.45) is 0. The summed E-state index contributed by atoms with van der Waals surface area (Å²) in [4.78, 5) is 22.3. The molecule has 6 heteroatoms. The van der Waals surface area contributed by atoms with E-state index in [0.29, 0.717) is 5.75 Å². The summed E-state index contributed by atoms with van der Waals surface area (Å²) in [5.41, 5.74) is 0.167. The second-order valence-electron chi connectivity index (χ2n) is 3.37. The van der Waals surface area contributed by atoms with E-state index in [1.54, 1.807) is 6.92 Å². The number of cyclic esters (lactones) is 1. The Morgan fingerprint density at radius 3 is 2.75 bits per heavy atom. The first-order valence-corrected chi connectivity index (χ1v) is 5.56. The van der Waals surface area contributed by atoms with Gasteiger partial charge in [-0.1, -0.05) is 0 Å². The summed E-state index contributed by atoms with van der Waals surface area (Å²) in [6, 6.07) is 4.09. The van der Waals surface area contributed by atoms with Gasteiger partial charge in [0.05, 0.1) is 12.5 Å². The average molecular weight is 335 g/mol. The number of aromatic carboxylic acids is 1. The quantitative estimate of drug-likeness (QED) is 0.361. The standard InChI is InChI=1S/C10H7IO5/c1-10(11)15-7-3-2-5(8(12)13)4-6(7)9(14)16-10/h2-4,11H,1H3/p+1. The molecule has 0 radical (unpaired) electrons. The molecule has 0 fully saturated rings. The molecular formula is C10H8IO5+. The van der Waals surface area contributed by atoms with E-state index in [1.165, 1.54) is 40.8 Å². The number of hydrogen-bond donors (Lipinski definition) is 1. The highest BCUT2D eigenvalue weighted by molar-refractivity contribution is 5.97. The fraction of sp³-hybridized carbons (Fsp3) is 0.200. The molecule has 1 aliphatic rings. The van der Waals surface area contributed by atoms with Gasteiger partial charge in [0, 0.05) is 0 Å². The van der Waals surface area contributed by atoms with Crippen molar-refractivity contribution in [2.75, 3.05) is 0 Å². The molecule has 2 rings (SSSR count). The number of carbonyl (C=O) groups is 2. The molecule has 84 valence electrons. The number of carbonyl (C=O) groups excluding carboxylic acids is 1. The van der Waals surface area contributed by atoms with E-state index in [-0.39, 0.29) is 11.1 Å². The third kappa shape index (κ3) is 1.97. The third-order valence-electron chi connectivity index (χ3n) is 2.02. The van der Waals surface area contributed by atoms with Gasteiger partial charge in [0.1, 0.15) is 11.3 Å². The number of halogens is 1. The normalized spacial score (nSPS) is 23.0. The molecule has 1 atom stereocenters. The van der Waals surface area contributed by atoms with E-state index < -0.39 is 15.7 Å². The first kappa shape index (κ1) is 11.2. The molecule has 0 amide bonds. The topological polar surface area (TPSA) is 72.8 Å². The van der Waals surface area contributed by atoms with E-state index in [9.17, 15) is 9.59 Å². The molecule has 1 N–H and O–H groups in total. The Morgan fingerprint density at radius 2 is 2.12 bits per heavy atom. The summed E-state index contributed by atoms with van der Waals surface area (Å²) in [5.74, 6) is -1.33. The van der Waals surface area contributed by atoms with Crippen LogP contribution in [0, 0.1) is 0 Å². The van der Waals surface area contributed by atoms with Crippen LogP contribution in [0.5, 0.6) is 5.75 Å². The van der Waals surface area contributed by atoms with Gasteiger partial charge in [0.25, 0.3) is 0 Å². The number of rotatable bonds is 1.